The lowest BCUT2D eigenvalue weighted by Gasteiger charge is -2.18. The fraction of sp³-hybridized carbons (Fsp3) is 0.500. The van der Waals surface area contributed by atoms with Crippen molar-refractivity contribution < 1.29 is 23.5 Å². The lowest BCUT2D eigenvalue weighted by atomic mass is 10.0. The number of carbonyl (C=O) groups excluding carboxylic acids is 2. The molecule has 0 spiro atoms. The molecule has 5 nitrogen and oxygen atoms in total. The van der Waals surface area contributed by atoms with Crippen LogP contribution in [-0.2, 0) is 20.7 Å². The summed E-state index contributed by atoms with van der Waals surface area (Å²) in [5.74, 6) is -1.03. The lowest BCUT2D eigenvalue weighted by Crippen LogP contribution is -2.43. The van der Waals surface area contributed by atoms with Crippen LogP contribution in [-0.4, -0.2) is 32.1 Å². The van der Waals surface area contributed by atoms with Gasteiger partial charge in [-0.1, -0.05) is 19.9 Å². The van der Waals surface area contributed by atoms with Crippen LogP contribution >= 0.6 is 0 Å². The standard InChI is InChI=1S/C16H22FNO4/c1-10(2)7-13(16(20)22-4)18-15(19)9-11-5-6-14(21-3)12(17)8-11/h5-6,8,10,13H,7,9H2,1-4H3,(H,18,19)/t13-/m0/s1. The van der Waals surface area contributed by atoms with Crippen LogP contribution < -0.4 is 10.1 Å². The Bertz CT molecular complexity index is 531. The summed E-state index contributed by atoms with van der Waals surface area (Å²) in [5.41, 5.74) is 0.504. The normalized spacial score (nSPS) is 11.9. The number of carbonyl (C=O) groups is 2. The van der Waals surface area contributed by atoms with Crippen molar-refractivity contribution in [1.82, 2.24) is 5.32 Å². The highest BCUT2D eigenvalue weighted by atomic mass is 19.1. The van der Waals surface area contributed by atoms with E-state index in [1.54, 1.807) is 6.07 Å². The molecule has 0 aliphatic heterocycles. The van der Waals surface area contributed by atoms with Gasteiger partial charge in [-0.25, -0.2) is 9.18 Å². The number of methoxy groups -OCH3 is 2. The maximum atomic E-state index is 13.6. The number of rotatable bonds is 7. The number of ether oxygens (including phenoxy) is 2. The molecule has 0 heterocycles. The minimum Gasteiger partial charge on any atom is -0.494 e. The van der Waals surface area contributed by atoms with Crippen molar-refractivity contribution in [3.8, 4) is 5.75 Å². The predicted octanol–water partition coefficient (Wildman–Crippen LogP) is 2.08. The number of esters is 1. The second-order valence-electron chi connectivity index (χ2n) is 5.42. The van der Waals surface area contributed by atoms with Gasteiger partial charge in [0.05, 0.1) is 20.6 Å². The lowest BCUT2D eigenvalue weighted by molar-refractivity contribution is -0.145. The van der Waals surface area contributed by atoms with Crippen LogP contribution in [0, 0.1) is 11.7 Å². The Kier molecular flexibility index (Phi) is 6.82. The van der Waals surface area contributed by atoms with Crippen LogP contribution in [0.25, 0.3) is 0 Å². The molecule has 0 radical (unpaired) electrons. The molecule has 0 saturated heterocycles. The molecule has 0 unspecified atom stereocenters. The zero-order valence-electron chi connectivity index (χ0n) is 13.3. The smallest absolute Gasteiger partial charge is 0.328 e. The maximum absolute atomic E-state index is 13.6. The van der Waals surface area contributed by atoms with Crippen molar-refractivity contribution in [2.24, 2.45) is 5.92 Å². The van der Waals surface area contributed by atoms with E-state index in [4.69, 9.17) is 4.74 Å². The molecule has 0 aliphatic rings. The molecule has 0 bridgehead atoms. The predicted molar refractivity (Wildman–Crippen MR) is 80.1 cm³/mol. The van der Waals surface area contributed by atoms with Crippen molar-refractivity contribution in [2.45, 2.75) is 32.7 Å². The van der Waals surface area contributed by atoms with Crippen LogP contribution in [0.2, 0.25) is 0 Å². The third-order valence-electron chi connectivity index (χ3n) is 3.11. The average molecular weight is 311 g/mol. The Labute approximate surface area is 129 Å². The summed E-state index contributed by atoms with van der Waals surface area (Å²) in [5, 5.41) is 2.63. The first-order chi connectivity index (χ1) is 10.4. The quantitative estimate of drug-likeness (QED) is 0.783. The third-order valence-corrected chi connectivity index (χ3v) is 3.11. The first-order valence-corrected chi connectivity index (χ1v) is 7.07. The molecule has 22 heavy (non-hydrogen) atoms. The van der Waals surface area contributed by atoms with Crippen molar-refractivity contribution in [1.29, 1.82) is 0 Å². The Balaban J connectivity index is 2.70. The monoisotopic (exact) mass is 311 g/mol. The van der Waals surface area contributed by atoms with Crippen LogP contribution in [0.15, 0.2) is 18.2 Å². The SMILES string of the molecule is COC(=O)[C@H](CC(C)C)NC(=O)Cc1ccc(OC)c(F)c1. The molecule has 1 amide bonds. The summed E-state index contributed by atoms with van der Waals surface area (Å²) in [4.78, 5) is 23.7. The zero-order chi connectivity index (χ0) is 16.7. The molecule has 6 heteroatoms. The molecule has 1 atom stereocenters. The van der Waals surface area contributed by atoms with E-state index in [0.717, 1.165) is 0 Å². The van der Waals surface area contributed by atoms with E-state index in [9.17, 15) is 14.0 Å². The highest BCUT2D eigenvalue weighted by Gasteiger charge is 2.22. The molecule has 1 N–H and O–H groups in total. The number of halogens is 1. The van der Waals surface area contributed by atoms with Gasteiger partial charge in [0.2, 0.25) is 5.91 Å². The van der Waals surface area contributed by atoms with Crippen molar-refractivity contribution in [2.75, 3.05) is 14.2 Å². The minimum absolute atomic E-state index is 0.0213. The third kappa shape index (κ3) is 5.35. The highest BCUT2D eigenvalue weighted by molar-refractivity contribution is 5.85. The largest absolute Gasteiger partial charge is 0.494 e. The topological polar surface area (TPSA) is 64.6 Å². The molecule has 1 rings (SSSR count). The van der Waals surface area contributed by atoms with E-state index < -0.39 is 17.8 Å². The van der Waals surface area contributed by atoms with Crippen LogP contribution in [0.4, 0.5) is 4.39 Å². The van der Waals surface area contributed by atoms with Gasteiger partial charge < -0.3 is 14.8 Å². The fourth-order valence-electron chi connectivity index (χ4n) is 2.08. The molecule has 0 saturated carbocycles. The van der Waals surface area contributed by atoms with Gasteiger partial charge in [-0.2, -0.15) is 0 Å². The second kappa shape index (κ2) is 8.36. The van der Waals surface area contributed by atoms with E-state index in [0.29, 0.717) is 12.0 Å². The summed E-state index contributed by atoms with van der Waals surface area (Å²) < 4.78 is 23.1. The summed E-state index contributed by atoms with van der Waals surface area (Å²) in [6.07, 6.45) is 0.460. The zero-order valence-corrected chi connectivity index (χ0v) is 13.3. The number of benzene rings is 1. The molecule has 0 fully saturated rings. The van der Waals surface area contributed by atoms with Gasteiger partial charge >= 0.3 is 5.97 Å². The number of hydrogen-bond acceptors (Lipinski definition) is 4. The minimum atomic E-state index is -0.694. The number of amides is 1. The van der Waals surface area contributed by atoms with Gasteiger partial charge in [-0.3, -0.25) is 4.79 Å². The summed E-state index contributed by atoms with van der Waals surface area (Å²) in [6.45, 7) is 3.89. The Morgan fingerprint density at radius 3 is 2.45 bits per heavy atom. The summed E-state index contributed by atoms with van der Waals surface area (Å²) in [7, 11) is 2.65. The van der Waals surface area contributed by atoms with E-state index >= 15 is 0 Å². The van der Waals surface area contributed by atoms with Crippen molar-refractivity contribution >= 4 is 11.9 Å². The van der Waals surface area contributed by atoms with Gasteiger partial charge in [-0.15, -0.1) is 0 Å². The molecular weight excluding hydrogens is 289 g/mol. The van der Waals surface area contributed by atoms with Gasteiger partial charge in [0.15, 0.2) is 11.6 Å². The van der Waals surface area contributed by atoms with E-state index in [-0.39, 0.29) is 24.0 Å². The van der Waals surface area contributed by atoms with Gasteiger partial charge in [0, 0.05) is 0 Å². The van der Waals surface area contributed by atoms with Crippen LogP contribution in [0.5, 0.6) is 5.75 Å². The first-order valence-electron chi connectivity index (χ1n) is 7.07. The second-order valence-corrected chi connectivity index (χ2v) is 5.42. The van der Waals surface area contributed by atoms with Gasteiger partial charge in [-0.05, 0) is 30.0 Å². The Hall–Kier alpha value is -2.11. The van der Waals surface area contributed by atoms with Gasteiger partial charge in [0.25, 0.3) is 0 Å². The Morgan fingerprint density at radius 1 is 1.27 bits per heavy atom. The Morgan fingerprint density at radius 2 is 1.95 bits per heavy atom. The van der Waals surface area contributed by atoms with Crippen LogP contribution in [0.1, 0.15) is 25.8 Å². The fourth-order valence-corrected chi connectivity index (χ4v) is 2.08. The molecule has 0 aliphatic carbocycles. The molecule has 1 aromatic rings. The molecule has 0 aromatic heterocycles. The summed E-state index contributed by atoms with van der Waals surface area (Å²) in [6, 6.07) is 3.62. The van der Waals surface area contributed by atoms with Crippen molar-refractivity contribution in [3.05, 3.63) is 29.6 Å². The van der Waals surface area contributed by atoms with E-state index in [2.05, 4.69) is 10.1 Å². The first kappa shape index (κ1) is 17.9. The molecular formula is C16H22FNO4. The van der Waals surface area contributed by atoms with Gasteiger partial charge in [0.1, 0.15) is 6.04 Å². The number of nitrogens with one attached hydrogen (secondary N) is 1. The average Bonchev–Trinajstić information content (AvgIpc) is 2.45. The summed E-state index contributed by atoms with van der Waals surface area (Å²) >= 11 is 0. The highest BCUT2D eigenvalue weighted by Crippen LogP contribution is 2.18. The van der Waals surface area contributed by atoms with E-state index in [1.165, 1.54) is 26.4 Å². The van der Waals surface area contributed by atoms with E-state index in [1.807, 2.05) is 13.8 Å². The molecule has 1 aromatic carbocycles. The number of hydrogen-bond donors (Lipinski definition) is 1. The van der Waals surface area contributed by atoms with Crippen molar-refractivity contribution in [3.63, 3.8) is 0 Å². The maximum Gasteiger partial charge on any atom is 0.328 e. The van der Waals surface area contributed by atoms with Crippen LogP contribution in [0.3, 0.4) is 0 Å². The molecule has 122 valence electrons.